The van der Waals surface area contributed by atoms with Crippen LogP contribution >= 0.6 is 0 Å². The number of rotatable bonds is 6. The van der Waals surface area contributed by atoms with Gasteiger partial charge in [-0.25, -0.2) is 0 Å². The summed E-state index contributed by atoms with van der Waals surface area (Å²) in [4.78, 5) is 21.4. The molecule has 9 heteroatoms. The number of nitrogens with one attached hydrogen (secondary N) is 2. The zero-order chi connectivity index (χ0) is 14.5. The molecule has 110 valence electrons. The van der Waals surface area contributed by atoms with Gasteiger partial charge in [-0.1, -0.05) is 6.92 Å². The van der Waals surface area contributed by atoms with Crippen molar-refractivity contribution >= 4 is 22.1 Å². The second-order valence-corrected chi connectivity index (χ2v) is 6.33. The molecule has 0 aromatic carbocycles. The van der Waals surface area contributed by atoms with E-state index in [0.717, 1.165) is 12.8 Å². The number of hydrogen-bond acceptors (Lipinski definition) is 4. The molecule has 0 aliphatic carbocycles. The predicted molar refractivity (Wildman–Crippen MR) is 67.5 cm³/mol. The smallest absolute Gasteiger partial charge is 0.322 e. The molecule has 1 heterocycles. The zero-order valence-corrected chi connectivity index (χ0v) is 11.6. The summed E-state index contributed by atoms with van der Waals surface area (Å²) in [5.41, 5.74) is 0. The lowest BCUT2D eigenvalue weighted by molar-refractivity contribution is -0.137. The summed E-state index contributed by atoms with van der Waals surface area (Å²) in [6.07, 6.45) is 1.60. The lowest BCUT2D eigenvalue weighted by Crippen LogP contribution is -2.47. The third kappa shape index (κ3) is 5.53. The molecule has 0 bridgehead atoms. The molecule has 0 aromatic heterocycles. The van der Waals surface area contributed by atoms with Crippen molar-refractivity contribution in [2.75, 3.05) is 26.2 Å². The summed E-state index contributed by atoms with van der Waals surface area (Å²) in [5.74, 6) is -1.34. The van der Waals surface area contributed by atoms with E-state index in [1.807, 2.05) is 0 Å². The minimum absolute atomic E-state index is 0.438. The van der Waals surface area contributed by atoms with E-state index in [-0.39, 0.29) is 0 Å². The van der Waals surface area contributed by atoms with Crippen LogP contribution in [0.25, 0.3) is 0 Å². The fraction of sp³-hybridized carbons (Fsp3) is 0.800. The highest BCUT2D eigenvalue weighted by atomic mass is 32.2. The summed E-state index contributed by atoms with van der Waals surface area (Å²) in [7, 11) is -3.67. The molecule has 1 fully saturated rings. The number of carbonyl (C=O) groups is 2. The molecule has 1 aliphatic heterocycles. The van der Waals surface area contributed by atoms with Crippen molar-refractivity contribution in [3.05, 3.63) is 0 Å². The number of carboxylic acid groups (broad SMARTS) is 1. The third-order valence-corrected chi connectivity index (χ3v) is 4.49. The second kappa shape index (κ2) is 6.83. The molecule has 19 heavy (non-hydrogen) atoms. The summed E-state index contributed by atoms with van der Waals surface area (Å²) < 4.78 is 27.2. The first-order valence-corrected chi connectivity index (χ1v) is 7.48. The van der Waals surface area contributed by atoms with Gasteiger partial charge in [0.25, 0.3) is 10.2 Å². The van der Waals surface area contributed by atoms with Crippen molar-refractivity contribution in [3.8, 4) is 0 Å². The van der Waals surface area contributed by atoms with E-state index in [2.05, 4.69) is 17.0 Å². The lowest BCUT2D eigenvalue weighted by Gasteiger charge is -2.29. The highest BCUT2D eigenvalue weighted by molar-refractivity contribution is 7.87. The summed E-state index contributed by atoms with van der Waals surface area (Å²) >= 11 is 0. The lowest BCUT2D eigenvalue weighted by atomic mass is 10.0. The second-order valence-electron chi connectivity index (χ2n) is 4.58. The first-order chi connectivity index (χ1) is 8.81. The Morgan fingerprint density at radius 1 is 1.26 bits per heavy atom. The van der Waals surface area contributed by atoms with E-state index in [9.17, 15) is 18.0 Å². The van der Waals surface area contributed by atoms with Crippen LogP contribution in [-0.2, 0) is 19.8 Å². The third-order valence-electron chi connectivity index (χ3n) is 2.93. The molecule has 1 saturated heterocycles. The Morgan fingerprint density at radius 2 is 1.84 bits per heavy atom. The van der Waals surface area contributed by atoms with Crippen LogP contribution in [0.15, 0.2) is 0 Å². The van der Waals surface area contributed by atoms with Gasteiger partial charge < -0.3 is 10.4 Å². The normalized spacial score (nSPS) is 18.2. The molecule has 0 unspecified atom stereocenters. The van der Waals surface area contributed by atoms with Gasteiger partial charge in [-0.2, -0.15) is 17.4 Å². The average Bonchev–Trinajstić information content (AvgIpc) is 2.34. The number of hydrogen-bond donors (Lipinski definition) is 3. The summed E-state index contributed by atoms with van der Waals surface area (Å²) in [5, 5.41) is 10.4. The highest BCUT2D eigenvalue weighted by Crippen LogP contribution is 2.17. The van der Waals surface area contributed by atoms with Crippen LogP contribution < -0.4 is 10.0 Å². The van der Waals surface area contributed by atoms with Crippen LogP contribution in [0.2, 0.25) is 0 Å². The van der Waals surface area contributed by atoms with E-state index in [1.165, 1.54) is 4.31 Å². The molecule has 1 amide bonds. The number of aliphatic carboxylic acids is 1. The Balaban J connectivity index is 2.38. The number of carbonyl (C=O) groups excluding carboxylic acids is 1. The quantitative estimate of drug-likeness (QED) is 0.566. The molecule has 0 spiro atoms. The van der Waals surface area contributed by atoms with Gasteiger partial charge in [0.1, 0.15) is 6.54 Å². The number of carboxylic acids is 1. The number of amides is 1. The van der Waals surface area contributed by atoms with Gasteiger partial charge in [0.05, 0.1) is 6.54 Å². The van der Waals surface area contributed by atoms with Crippen molar-refractivity contribution < 1.29 is 23.1 Å². The largest absolute Gasteiger partial charge is 0.480 e. The highest BCUT2D eigenvalue weighted by Gasteiger charge is 2.26. The number of nitrogens with zero attached hydrogens (tertiary/aromatic N) is 1. The first-order valence-electron chi connectivity index (χ1n) is 6.04. The van der Waals surface area contributed by atoms with Gasteiger partial charge in [0, 0.05) is 13.1 Å². The van der Waals surface area contributed by atoms with Crippen LogP contribution in [0, 0.1) is 5.92 Å². The van der Waals surface area contributed by atoms with Gasteiger partial charge in [-0.05, 0) is 18.8 Å². The van der Waals surface area contributed by atoms with Crippen molar-refractivity contribution in [2.45, 2.75) is 19.8 Å². The maximum Gasteiger partial charge on any atom is 0.322 e. The molecule has 0 radical (unpaired) electrons. The summed E-state index contributed by atoms with van der Waals surface area (Å²) in [6, 6.07) is 0. The fourth-order valence-corrected chi connectivity index (χ4v) is 2.90. The standard InChI is InChI=1S/C10H19N3O5S/c1-8-2-4-13(5-3-8)19(17,18)12-6-9(14)11-7-10(15)16/h8,12H,2-7H2,1H3,(H,11,14)(H,15,16). The molecule has 1 rings (SSSR count). The minimum Gasteiger partial charge on any atom is -0.480 e. The first kappa shape index (κ1) is 15.9. The van der Waals surface area contributed by atoms with E-state index >= 15 is 0 Å². The Hall–Kier alpha value is -1.19. The maximum atomic E-state index is 11.9. The van der Waals surface area contributed by atoms with Crippen LogP contribution in [0.5, 0.6) is 0 Å². The van der Waals surface area contributed by atoms with E-state index in [1.54, 1.807) is 0 Å². The Bertz CT molecular complexity index is 428. The van der Waals surface area contributed by atoms with Crippen LogP contribution in [0.4, 0.5) is 0 Å². The molecular weight excluding hydrogens is 274 g/mol. The van der Waals surface area contributed by atoms with Crippen LogP contribution in [0.3, 0.4) is 0 Å². The monoisotopic (exact) mass is 293 g/mol. The van der Waals surface area contributed by atoms with Crippen molar-refractivity contribution in [2.24, 2.45) is 5.92 Å². The Labute approximate surface area is 112 Å². The SMILES string of the molecule is CC1CCN(S(=O)(=O)NCC(=O)NCC(=O)O)CC1. The van der Waals surface area contributed by atoms with Crippen molar-refractivity contribution in [3.63, 3.8) is 0 Å². The zero-order valence-electron chi connectivity index (χ0n) is 10.8. The topological polar surface area (TPSA) is 116 Å². The molecule has 1 aliphatic rings. The molecule has 0 saturated carbocycles. The average molecular weight is 293 g/mol. The number of piperidine rings is 1. The predicted octanol–water partition coefficient (Wildman–Crippen LogP) is -1.25. The van der Waals surface area contributed by atoms with Gasteiger partial charge in [-0.15, -0.1) is 0 Å². The van der Waals surface area contributed by atoms with Crippen LogP contribution in [-0.4, -0.2) is 55.9 Å². The maximum absolute atomic E-state index is 11.9. The molecular formula is C10H19N3O5S. The molecule has 0 atom stereocenters. The van der Waals surface area contributed by atoms with E-state index in [0.29, 0.717) is 19.0 Å². The molecule has 0 aromatic rings. The Morgan fingerprint density at radius 3 is 2.37 bits per heavy atom. The fourth-order valence-electron chi connectivity index (χ4n) is 1.71. The summed E-state index contributed by atoms with van der Waals surface area (Å²) in [6.45, 7) is 1.96. The van der Waals surface area contributed by atoms with Crippen molar-refractivity contribution in [1.29, 1.82) is 0 Å². The Kier molecular flexibility index (Phi) is 5.70. The van der Waals surface area contributed by atoms with Gasteiger partial charge in [0.2, 0.25) is 5.91 Å². The van der Waals surface area contributed by atoms with Gasteiger partial charge >= 0.3 is 5.97 Å². The molecule has 8 nitrogen and oxygen atoms in total. The van der Waals surface area contributed by atoms with E-state index < -0.39 is 35.2 Å². The minimum atomic E-state index is -3.67. The van der Waals surface area contributed by atoms with Crippen molar-refractivity contribution in [1.82, 2.24) is 14.3 Å². The van der Waals surface area contributed by atoms with E-state index in [4.69, 9.17) is 5.11 Å². The van der Waals surface area contributed by atoms with Gasteiger partial charge in [0.15, 0.2) is 0 Å². The van der Waals surface area contributed by atoms with Crippen LogP contribution in [0.1, 0.15) is 19.8 Å². The van der Waals surface area contributed by atoms with Gasteiger partial charge in [-0.3, -0.25) is 9.59 Å². The molecule has 3 N–H and O–H groups in total.